The molecule has 11 nitrogen and oxygen atoms in total. The van der Waals surface area contributed by atoms with Crippen LogP contribution in [-0.4, -0.2) is 53.9 Å². The molecule has 4 rings (SSSR count). The number of carbonyl (C=O) groups excluding carboxylic acids is 1. The van der Waals surface area contributed by atoms with Gasteiger partial charge in [0.25, 0.3) is 17.3 Å². The summed E-state index contributed by atoms with van der Waals surface area (Å²) in [5.41, 5.74) is 0.848. The van der Waals surface area contributed by atoms with E-state index in [1.54, 1.807) is 35.2 Å². The molecule has 1 saturated heterocycles. The molecule has 3 aromatic rings. The fourth-order valence-electron chi connectivity index (χ4n) is 3.73. The fourth-order valence-corrected chi connectivity index (χ4v) is 3.73. The highest BCUT2D eigenvalue weighted by molar-refractivity contribution is 5.92. The maximum atomic E-state index is 12.9. The highest BCUT2D eigenvalue weighted by Crippen LogP contribution is 2.33. The van der Waals surface area contributed by atoms with Crippen LogP contribution in [0.4, 0.5) is 17.1 Å². The molecule has 0 spiro atoms. The molecule has 2 aromatic carbocycles. The number of methoxy groups -OCH3 is 1. The molecule has 0 N–H and O–H groups in total. The summed E-state index contributed by atoms with van der Waals surface area (Å²) in [7, 11) is 1.45. The molecule has 2 heterocycles. The molecule has 0 radical (unpaired) electrons. The van der Waals surface area contributed by atoms with Gasteiger partial charge in [-0.3, -0.25) is 25.0 Å². The van der Waals surface area contributed by atoms with Gasteiger partial charge in [0, 0.05) is 43.9 Å². The number of ether oxygens (including phenoxy) is 1. The number of piperazine rings is 1. The largest absolute Gasteiger partial charge is 0.496 e. The SMILES string of the molecule is COc1ccc(N2CCN(C(=O)c3ccc(-c4cccc([N+](=O)[O-])c4)o3)CC2)c([N+](=O)[O-])c1. The lowest BCUT2D eigenvalue weighted by molar-refractivity contribution is -0.384. The second kappa shape index (κ2) is 8.99. The first-order valence-electron chi connectivity index (χ1n) is 10.1. The first-order valence-corrected chi connectivity index (χ1v) is 10.1. The number of non-ortho nitro benzene ring substituents is 1. The number of anilines is 1. The summed E-state index contributed by atoms with van der Waals surface area (Å²) < 4.78 is 10.8. The number of carbonyl (C=O) groups is 1. The van der Waals surface area contributed by atoms with Crippen LogP contribution in [0.25, 0.3) is 11.3 Å². The van der Waals surface area contributed by atoms with E-state index in [2.05, 4.69) is 0 Å². The van der Waals surface area contributed by atoms with Crippen molar-refractivity contribution in [3.63, 3.8) is 0 Å². The number of nitro benzene ring substituents is 2. The van der Waals surface area contributed by atoms with Crippen LogP contribution in [-0.2, 0) is 0 Å². The molecule has 0 unspecified atom stereocenters. The van der Waals surface area contributed by atoms with Crippen molar-refractivity contribution in [1.29, 1.82) is 0 Å². The van der Waals surface area contributed by atoms with Crippen molar-refractivity contribution in [3.8, 4) is 17.1 Å². The zero-order valence-electron chi connectivity index (χ0n) is 17.7. The maximum Gasteiger partial charge on any atom is 0.296 e. The Morgan fingerprint density at radius 3 is 2.39 bits per heavy atom. The van der Waals surface area contributed by atoms with Crippen LogP contribution < -0.4 is 9.64 Å². The van der Waals surface area contributed by atoms with Crippen molar-refractivity contribution < 1.29 is 23.8 Å². The Morgan fingerprint density at radius 1 is 0.970 bits per heavy atom. The lowest BCUT2D eigenvalue weighted by atomic mass is 10.1. The average Bonchev–Trinajstić information content (AvgIpc) is 3.34. The van der Waals surface area contributed by atoms with E-state index in [0.717, 1.165) is 0 Å². The molecule has 170 valence electrons. The molecule has 1 aliphatic heterocycles. The van der Waals surface area contributed by atoms with E-state index in [0.29, 0.717) is 48.9 Å². The summed E-state index contributed by atoms with van der Waals surface area (Å²) in [6.07, 6.45) is 0. The number of hydrogen-bond acceptors (Lipinski definition) is 8. The van der Waals surface area contributed by atoms with Crippen molar-refractivity contribution in [2.24, 2.45) is 0 Å². The summed E-state index contributed by atoms with van der Waals surface area (Å²) in [5, 5.41) is 22.5. The van der Waals surface area contributed by atoms with Gasteiger partial charge in [-0.05, 0) is 24.3 Å². The number of nitrogens with zero attached hydrogens (tertiary/aromatic N) is 4. The number of rotatable bonds is 6. The second-order valence-corrected chi connectivity index (χ2v) is 7.36. The van der Waals surface area contributed by atoms with Gasteiger partial charge in [-0.2, -0.15) is 0 Å². The van der Waals surface area contributed by atoms with Crippen LogP contribution in [0.15, 0.2) is 59.0 Å². The Morgan fingerprint density at radius 2 is 1.73 bits per heavy atom. The zero-order valence-corrected chi connectivity index (χ0v) is 17.7. The van der Waals surface area contributed by atoms with E-state index in [1.807, 2.05) is 4.90 Å². The summed E-state index contributed by atoms with van der Waals surface area (Å²) in [4.78, 5) is 37.9. The van der Waals surface area contributed by atoms with E-state index in [1.165, 1.54) is 31.4 Å². The number of hydrogen-bond donors (Lipinski definition) is 0. The minimum absolute atomic E-state index is 0.0539. The van der Waals surface area contributed by atoms with Gasteiger partial charge in [0.2, 0.25) is 0 Å². The first kappa shape index (κ1) is 21.8. The van der Waals surface area contributed by atoms with Gasteiger partial charge in [0.1, 0.15) is 17.2 Å². The van der Waals surface area contributed by atoms with Gasteiger partial charge in [0.05, 0.1) is 23.0 Å². The third kappa shape index (κ3) is 4.47. The Labute approximate surface area is 188 Å². The van der Waals surface area contributed by atoms with Crippen molar-refractivity contribution >= 4 is 23.0 Å². The minimum atomic E-state index is -0.495. The molecule has 0 bridgehead atoms. The van der Waals surface area contributed by atoms with E-state index >= 15 is 0 Å². The Balaban J connectivity index is 1.45. The lowest BCUT2D eigenvalue weighted by Gasteiger charge is -2.35. The van der Waals surface area contributed by atoms with Crippen LogP contribution in [0.1, 0.15) is 10.6 Å². The average molecular weight is 452 g/mol. The summed E-state index contributed by atoms with van der Waals surface area (Å²) in [5.74, 6) is 0.571. The van der Waals surface area contributed by atoms with Crippen molar-refractivity contribution in [2.75, 3.05) is 38.2 Å². The maximum absolute atomic E-state index is 12.9. The minimum Gasteiger partial charge on any atom is -0.496 e. The van der Waals surface area contributed by atoms with Crippen LogP contribution >= 0.6 is 0 Å². The second-order valence-electron chi connectivity index (χ2n) is 7.36. The third-order valence-electron chi connectivity index (χ3n) is 5.45. The predicted octanol–water partition coefficient (Wildman–Crippen LogP) is 3.73. The van der Waals surface area contributed by atoms with E-state index in [-0.39, 0.29) is 23.0 Å². The normalized spacial score (nSPS) is 13.6. The van der Waals surface area contributed by atoms with E-state index in [4.69, 9.17) is 9.15 Å². The lowest BCUT2D eigenvalue weighted by Crippen LogP contribution is -2.48. The quantitative estimate of drug-likeness (QED) is 0.408. The highest BCUT2D eigenvalue weighted by atomic mass is 16.6. The number of amides is 1. The molecular weight excluding hydrogens is 432 g/mol. The number of benzene rings is 2. The van der Waals surface area contributed by atoms with Crippen LogP contribution in [0.3, 0.4) is 0 Å². The Hall–Kier alpha value is -4.41. The van der Waals surface area contributed by atoms with Gasteiger partial charge < -0.3 is 19.0 Å². The zero-order chi connectivity index (χ0) is 23.5. The molecule has 0 atom stereocenters. The molecule has 33 heavy (non-hydrogen) atoms. The summed E-state index contributed by atoms with van der Waals surface area (Å²) in [6, 6.07) is 13.8. The van der Waals surface area contributed by atoms with Gasteiger partial charge in [-0.15, -0.1) is 0 Å². The van der Waals surface area contributed by atoms with Gasteiger partial charge in [-0.25, -0.2) is 0 Å². The van der Waals surface area contributed by atoms with Gasteiger partial charge >= 0.3 is 0 Å². The van der Waals surface area contributed by atoms with Crippen molar-refractivity contribution in [3.05, 3.63) is 80.6 Å². The molecule has 1 aliphatic rings. The first-order chi connectivity index (χ1) is 15.9. The topological polar surface area (TPSA) is 132 Å². The fraction of sp³-hybridized carbons (Fsp3) is 0.227. The van der Waals surface area contributed by atoms with Crippen molar-refractivity contribution in [2.45, 2.75) is 0 Å². The van der Waals surface area contributed by atoms with Crippen molar-refractivity contribution in [1.82, 2.24) is 4.90 Å². The van der Waals surface area contributed by atoms with Crippen LogP contribution in [0.5, 0.6) is 5.75 Å². The standard InChI is InChI=1S/C22H20N4O7/c1-32-17-5-6-18(19(14-17)26(30)31)23-9-11-24(12-10-23)22(27)21-8-7-20(33-21)15-3-2-4-16(13-15)25(28)29/h2-8,13-14H,9-12H2,1H3. The smallest absolute Gasteiger partial charge is 0.296 e. The third-order valence-corrected chi connectivity index (χ3v) is 5.45. The van der Waals surface area contributed by atoms with Crippen LogP contribution in [0.2, 0.25) is 0 Å². The molecule has 0 saturated carbocycles. The highest BCUT2D eigenvalue weighted by Gasteiger charge is 2.28. The van der Waals surface area contributed by atoms with Gasteiger partial charge in [0.15, 0.2) is 5.76 Å². The molecule has 1 aromatic heterocycles. The molecule has 0 aliphatic carbocycles. The number of furan rings is 1. The van der Waals surface area contributed by atoms with Gasteiger partial charge in [-0.1, -0.05) is 12.1 Å². The summed E-state index contributed by atoms with van der Waals surface area (Å²) >= 11 is 0. The molecule has 11 heteroatoms. The Bertz CT molecular complexity index is 1210. The van der Waals surface area contributed by atoms with E-state index < -0.39 is 9.85 Å². The predicted molar refractivity (Wildman–Crippen MR) is 119 cm³/mol. The number of nitro groups is 2. The molecule has 1 amide bonds. The van der Waals surface area contributed by atoms with E-state index in [9.17, 15) is 25.0 Å². The summed E-state index contributed by atoms with van der Waals surface area (Å²) in [6.45, 7) is 1.54. The van der Waals surface area contributed by atoms with Crippen LogP contribution in [0, 0.1) is 20.2 Å². The molecular formula is C22H20N4O7. The Kier molecular flexibility index (Phi) is 5.94. The molecule has 1 fully saturated rings. The monoisotopic (exact) mass is 452 g/mol.